The molecule has 0 rings (SSSR count). The molecule has 0 aromatic rings. The third-order valence-corrected chi connectivity index (χ3v) is 0.760. The van der Waals surface area contributed by atoms with Crippen LogP contribution in [0.2, 0.25) is 0 Å². The van der Waals surface area contributed by atoms with Crippen molar-refractivity contribution < 1.29 is 14.7 Å². The lowest BCUT2D eigenvalue weighted by Gasteiger charge is -2.00. The molecule has 0 radical (unpaired) electrons. The normalized spacial score (nSPS) is 12.6. The van der Waals surface area contributed by atoms with E-state index in [1.807, 2.05) is 0 Å². The fourth-order valence-electron chi connectivity index (χ4n) is 0.289. The summed E-state index contributed by atoms with van der Waals surface area (Å²) < 4.78 is 0. The molecule has 0 aromatic heterocycles. The number of rotatable bonds is 3. The number of hydrogen-bond donors (Lipinski definition) is 3. The van der Waals surface area contributed by atoms with Crippen molar-refractivity contribution in [2.24, 2.45) is 11.5 Å². The van der Waals surface area contributed by atoms with Crippen LogP contribution in [0, 0.1) is 0 Å². The SMILES string of the molecule is NC(=O)[C@H](N)CC(=O)O. The van der Waals surface area contributed by atoms with Crippen LogP contribution in [0.4, 0.5) is 0 Å². The van der Waals surface area contributed by atoms with E-state index in [2.05, 4.69) is 5.73 Å². The van der Waals surface area contributed by atoms with Crippen molar-refractivity contribution in [3.63, 3.8) is 0 Å². The molecule has 1 amide bonds. The maximum atomic E-state index is 10.1. The summed E-state index contributed by atoms with van der Waals surface area (Å²) in [5.41, 5.74) is 9.62. The molecule has 0 saturated carbocycles. The van der Waals surface area contributed by atoms with Crippen LogP contribution in [-0.4, -0.2) is 23.0 Å². The summed E-state index contributed by atoms with van der Waals surface area (Å²) in [4.78, 5) is 19.9. The van der Waals surface area contributed by atoms with E-state index in [-0.39, 0.29) is 0 Å². The Morgan fingerprint density at radius 3 is 2.11 bits per heavy atom. The Balaban J connectivity index is 3.63. The first-order valence-corrected chi connectivity index (χ1v) is 2.30. The van der Waals surface area contributed by atoms with Crippen molar-refractivity contribution in [2.75, 3.05) is 0 Å². The lowest BCUT2D eigenvalue weighted by Crippen LogP contribution is -2.38. The van der Waals surface area contributed by atoms with Crippen LogP contribution in [0.15, 0.2) is 0 Å². The number of carboxylic acid groups (broad SMARTS) is 1. The summed E-state index contributed by atoms with van der Waals surface area (Å²) in [5, 5.41) is 8.04. The minimum atomic E-state index is -1.12. The quantitative estimate of drug-likeness (QED) is 0.424. The van der Waals surface area contributed by atoms with Crippen molar-refractivity contribution >= 4 is 11.9 Å². The smallest absolute Gasteiger partial charge is 0.305 e. The highest BCUT2D eigenvalue weighted by Gasteiger charge is 2.12. The van der Waals surface area contributed by atoms with Gasteiger partial charge in [0, 0.05) is 0 Å². The summed E-state index contributed by atoms with van der Waals surface area (Å²) in [6.45, 7) is 0. The van der Waals surface area contributed by atoms with Crippen LogP contribution in [-0.2, 0) is 9.59 Å². The highest BCUT2D eigenvalue weighted by Crippen LogP contribution is 1.84. The Bertz CT molecular complexity index is 134. The van der Waals surface area contributed by atoms with Crippen molar-refractivity contribution in [2.45, 2.75) is 12.5 Å². The molecule has 0 saturated heterocycles. The zero-order valence-electron chi connectivity index (χ0n) is 4.70. The average Bonchev–Trinajstić information content (AvgIpc) is 1.63. The van der Waals surface area contributed by atoms with Gasteiger partial charge in [0.25, 0.3) is 0 Å². The Hall–Kier alpha value is -1.10. The first kappa shape index (κ1) is 7.90. The molecule has 0 aliphatic heterocycles. The zero-order valence-corrected chi connectivity index (χ0v) is 4.70. The van der Waals surface area contributed by atoms with Crippen LogP contribution in [0.25, 0.3) is 0 Å². The molecule has 0 aromatic carbocycles. The lowest BCUT2D eigenvalue weighted by atomic mass is 10.2. The topological polar surface area (TPSA) is 106 Å². The molecule has 0 aliphatic carbocycles. The Morgan fingerprint density at radius 2 is 2.00 bits per heavy atom. The molecule has 1 atom stereocenters. The van der Waals surface area contributed by atoms with E-state index in [1.54, 1.807) is 0 Å². The molecule has 0 aliphatic rings. The van der Waals surface area contributed by atoms with E-state index >= 15 is 0 Å². The van der Waals surface area contributed by atoms with E-state index in [4.69, 9.17) is 10.8 Å². The highest BCUT2D eigenvalue weighted by atomic mass is 16.4. The van der Waals surface area contributed by atoms with Crippen molar-refractivity contribution in [3.05, 3.63) is 0 Å². The van der Waals surface area contributed by atoms with Gasteiger partial charge in [0.2, 0.25) is 5.91 Å². The average molecular weight is 132 g/mol. The number of carbonyl (C=O) groups excluding carboxylic acids is 1. The molecule has 5 heteroatoms. The van der Waals surface area contributed by atoms with Crippen molar-refractivity contribution in [1.29, 1.82) is 0 Å². The zero-order chi connectivity index (χ0) is 7.44. The molecule has 0 heterocycles. The lowest BCUT2D eigenvalue weighted by molar-refractivity contribution is -0.139. The van der Waals surface area contributed by atoms with Gasteiger partial charge >= 0.3 is 5.97 Å². The standard InChI is InChI=1S/C4H8N2O3/c5-2(4(6)9)1-3(7)8/h2H,1,5H2,(H2,6,9)(H,7,8)/t2-/m1/s1. The predicted octanol–water partition coefficient (Wildman–Crippen LogP) is -1.73. The summed E-state index contributed by atoms with van der Waals surface area (Å²) in [7, 11) is 0. The van der Waals surface area contributed by atoms with Crippen LogP contribution in [0.3, 0.4) is 0 Å². The van der Waals surface area contributed by atoms with Crippen LogP contribution in [0.1, 0.15) is 6.42 Å². The number of aliphatic carboxylic acids is 1. The van der Waals surface area contributed by atoms with Gasteiger partial charge in [0.15, 0.2) is 0 Å². The van der Waals surface area contributed by atoms with Gasteiger partial charge in [-0.1, -0.05) is 0 Å². The van der Waals surface area contributed by atoms with Gasteiger partial charge in [-0.05, 0) is 0 Å². The second-order valence-electron chi connectivity index (χ2n) is 1.61. The third kappa shape index (κ3) is 3.48. The number of nitrogens with two attached hydrogens (primary N) is 2. The van der Waals surface area contributed by atoms with Gasteiger partial charge in [-0.15, -0.1) is 0 Å². The molecule has 0 bridgehead atoms. The Labute approximate surface area is 51.6 Å². The van der Waals surface area contributed by atoms with E-state index in [1.165, 1.54) is 0 Å². The largest absolute Gasteiger partial charge is 0.481 e. The second-order valence-corrected chi connectivity index (χ2v) is 1.61. The van der Waals surface area contributed by atoms with Gasteiger partial charge in [0.05, 0.1) is 12.5 Å². The summed E-state index contributed by atoms with van der Waals surface area (Å²) >= 11 is 0. The van der Waals surface area contributed by atoms with E-state index in [9.17, 15) is 9.59 Å². The van der Waals surface area contributed by atoms with Gasteiger partial charge in [-0.2, -0.15) is 0 Å². The first-order chi connectivity index (χ1) is 4.04. The number of carboxylic acids is 1. The van der Waals surface area contributed by atoms with E-state index < -0.39 is 24.3 Å². The van der Waals surface area contributed by atoms with Gasteiger partial charge in [-0.3, -0.25) is 9.59 Å². The van der Waals surface area contributed by atoms with E-state index in [0.717, 1.165) is 0 Å². The van der Waals surface area contributed by atoms with Crippen molar-refractivity contribution in [1.82, 2.24) is 0 Å². The number of carbonyl (C=O) groups is 2. The van der Waals surface area contributed by atoms with Gasteiger partial charge in [0.1, 0.15) is 0 Å². The molecule has 5 N–H and O–H groups in total. The number of primary amides is 1. The predicted molar refractivity (Wildman–Crippen MR) is 29.4 cm³/mol. The fraction of sp³-hybridized carbons (Fsp3) is 0.500. The summed E-state index contributed by atoms with van der Waals surface area (Å²) in [5.74, 6) is -1.92. The molecule has 52 valence electrons. The first-order valence-electron chi connectivity index (χ1n) is 2.30. The molecular weight excluding hydrogens is 124 g/mol. The molecule has 5 nitrogen and oxygen atoms in total. The molecule has 0 unspecified atom stereocenters. The Kier molecular flexibility index (Phi) is 2.66. The van der Waals surface area contributed by atoms with Gasteiger partial charge < -0.3 is 16.6 Å². The fourth-order valence-corrected chi connectivity index (χ4v) is 0.289. The Morgan fingerprint density at radius 1 is 1.56 bits per heavy atom. The van der Waals surface area contributed by atoms with Crippen molar-refractivity contribution in [3.8, 4) is 0 Å². The van der Waals surface area contributed by atoms with Crippen LogP contribution < -0.4 is 11.5 Å². The molecule has 9 heavy (non-hydrogen) atoms. The van der Waals surface area contributed by atoms with E-state index in [0.29, 0.717) is 0 Å². The number of hydrogen-bond acceptors (Lipinski definition) is 3. The minimum absolute atomic E-state index is 0.407. The maximum Gasteiger partial charge on any atom is 0.305 e. The number of amides is 1. The molecular formula is C4H8N2O3. The van der Waals surface area contributed by atoms with Gasteiger partial charge in [-0.25, -0.2) is 0 Å². The highest BCUT2D eigenvalue weighted by molar-refractivity contribution is 5.84. The van der Waals surface area contributed by atoms with Crippen LogP contribution in [0.5, 0.6) is 0 Å². The second kappa shape index (κ2) is 3.03. The minimum Gasteiger partial charge on any atom is -0.481 e. The summed E-state index contributed by atoms with van der Waals surface area (Å²) in [6.07, 6.45) is -0.407. The van der Waals surface area contributed by atoms with Crippen LogP contribution >= 0.6 is 0 Å². The maximum absolute atomic E-state index is 10.1. The molecule has 0 spiro atoms. The molecule has 0 fully saturated rings. The summed E-state index contributed by atoms with van der Waals surface area (Å²) in [6, 6.07) is -1.07. The third-order valence-electron chi connectivity index (χ3n) is 0.760. The monoisotopic (exact) mass is 132 g/mol.